The zero-order valence-corrected chi connectivity index (χ0v) is 22.7. The Bertz CT molecular complexity index is 964. The van der Waals surface area contributed by atoms with Crippen molar-refractivity contribution in [2.45, 2.75) is 83.4 Å². The monoisotopic (exact) mass is 518 g/mol. The summed E-state index contributed by atoms with van der Waals surface area (Å²) in [6, 6.07) is 5.78. The van der Waals surface area contributed by atoms with E-state index in [0.717, 1.165) is 16.9 Å². The van der Waals surface area contributed by atoms with Crippen LogP contribution < -0.4 is 16.0 Å². The van der Waals surface area contributed by atoms with Crippen LogP contribution in [0.1, 0.15) is 59.9 Å². The third kappa shape index (κ3) is 8.36. The topological polar surface area (TPSA) is 125 Å². The van der Waals surface area contributed by atoms with Gasteiger partial charge in [0.1, 0.15) is 12.1 Å². The Balaban J connectivity index is 1.88. The summed E-state index contributed by atoms with van der Waals surface area (Å²) in [7, 11) is 0. The molecular formula is C26H38N4O5S. The maximum Gasteiger partial charge on any atom is 0.246 e. The number of amides is 5. The van der Waals surface area contributed by atoms with Gasteiger partial charge in [-0.3, -0.25) is 28.9 Å². The van der Waals surface area contributed by atoms with Gasteiger partial charge in [-0.2, -0.15) is 0 Å². The van der Waals surface area contributed by atoms with Crippen LogP contribution in [0.25, 0.3) is 0 Å². The number of carbonyl (C=O) groups excluding carboxylic acids is 5. The zero-order chi connectivity index (χ0) is 27.0. The number of benzene rings is 1. The van der Waals surface area contributed by atoms with E-state index in [1.54, 1.807) is 20.8 Å². The third-order valence-electron chi connectivity index (χ3n) is 5.85. The highest BCUT2D eigenvalue weighted by Crippen LogP contribution is 2.28. The van der Waals surface area contributed by atoms with Crippen molar-refractivity contribution in [3.05, 3.63) is 29.8 Å². The Morgan fingerprint density at radius 1 is 1.00 bits per heavy atom. The van der Waals surface area contributed by atoms with Gasteiger partial charge >= 0.3 is 0 Å². The maximum atomic E-state index is 12.9. The Morgan fingerprint density at radius 3 is 2.19 bits per heavy atom. The molecule has 0 saturated carbocycles. The number of nitrogens with one attached hydrogen (secondary N) is 3. The second-order valence-electron chi connectivity index (χ2n) is 9.57. The molecule has 198 valence electrons. The smallest absolute Gasteiger partial charge is 0.246 e. The first-order chi connectivity index (χ1) is 16.9. The summed E-state index contributed by atoms with van der Waals surface area (Å²) < 4.78 is 0. The number of carbonyl (C=O) groups is 5. The molecule has 1 saturated heterocycles. The molecule has 0 aromatic heterocycles. The molecule has 1 heterocycles. The van der Waals surface area contributed by atoms with Crippen molar-refractivity contribution in [1.29, 1.82) is 0 Å². The lowest BCUT2D eigenvalue weighted by Crippen LogP contribution is -2.54. The normalized spacial score (nSPS) is 17.3. The molecule has 1 aromatic rings. The van der Waals surface area contributed by atoms with Gasteiger partial charge in [-0.1, -0.05) is 46.8 Å². The van der Waals surface area contributed by atoms with Crippen molar-refractivity contribution in [2.24, 2.45) is 5.92 Å². The molecule has 0 aliphatic carbocycles. The van der Waals surface area contributed by atoms with Gasteiger partial charge in [0.25, 0.3) is 0 Å². The number of likely N-dealkylation sites (tertiary alicyclic amines) is 1. The van der Waals surface area contributed by atoms with Gasteiger partial charge in [-0.15, -0.1) is 11.8 Å². The zero-order valence-electron chi connectivity index (χ0n) is 21.9. The van der Waals surface area contributed by atoms with Crippen LogP contribution in [0.2, 0.25) is 0 Å². The van der Waals surface area contributed by atoms with Crippen molar-refractivity contribution in [3.8, 4) is 0 Å². The lowest BCUT2D eigenvalue weighted by Gasteiger charge is -2.24. The first kappa shape index (κ1) is 29.4. The van der Waals surface area contributed by atoms with E-state index >= 15 is 0 Å². The molecule has 10 heteroatoms. The van der Waals surface area contributed by atoms with E-state index in [0.29, 0.717) is 5.69 Å². The van der Waals surface area contributed by atoms with Gasteiger partial charge in [-0.25, -0.2) is 0 Å². The Morgan fingerprint density at radius 2 is 1.64 bits per heavy atom. The van der Waals surface area contributed by atoms with E-state index in [1.807, 2.05) is 45.0 Å². The quantitative estimate of drug-likeness (QED) is 0.365. The fraction of sp³-hybridized carbons (Fsp3) is 0.577. The van der Waals surface area contributed by atoms with Crippen molar-refractivity contribution in [2.75, 3.05) is 11.9 Å². The standard InChI is InChI=1S/C26H38N4O5S/c1-7-18-8-10-19(11-9-18)28-24(33)17(6)27-25(34)23(15(2)3)29-21(31)12-13-30-22(32)14-20(26(30)35)36-16(4)5/h8-11,15-17,20,23H,7,12-14H2,1-6H3,(H,27,34)(H,28,33)(H,29,31)/t17-,20?,23?/m0/s1. The number of hydrogen-bond donors (Lipinski definition) is 3. The Labute approximate surface area is 217 Å². The van der Waals surface area contributed by atoms with Gasteiger partial charge in [0.15, 0.2) is 0 Å². The molecule has 2 rings (SSSR count). The van der Waals surface area contributed by atoms with Crippen LogP contribution in [0.15, 0.2) is 24.3 Å². The highest BCUT2D eigenvalue weighted by atomic mass is 32.2. The first-order valence-electron chi connectivity index (χ1n) is 12.4. The summed E-state index contributed by atoms with van der Waals surface area (Å²) in [5.74, 6) is -2.10. The molecule has 36 heavy (non-hydrogen) atoms. The summed E-state index contributed by atoms with van der Waals surface area (Å²) in [5.41, 5.74) is 1.78. The van der Waals surface area contributed by atoms with E-state index in [-0.39, 0.29) is 48.3 Å². The minimum Gasteiger partial charge on any atom is -0.344 e. The minimum absolute atomic E-state index is 0.0271. The number of anilines is 1. The van der Waals surface area contributed by atoms with Gasteiger partial charge < -0.3 is 16.0 Å². The summed E-state index contributed by atoms with van der Waals surface area (Å²) in [6.07, 6.45) is 0.936. The summed E-state index contributed by atoms with van der Waals surface area (Å²) in [4.78, 5) is 63.8. The SMILES string of the molecule is CCc1ccc(NC(=O)[C@H](C)NC(=O)C(NC(=O)CCN2C(=O)CC(SC(C)C)C2=O)C(C)C)cc1. The first-order valence-corrected chi connectivity index (χ1v) is 13.4. The fourth-order valence-electron chi connectivity index (χ4n) is 3.76. The molecule has 5 amide bonds. The lowest BCUT2D eigenvalue weighted by atomic mass is 10.0. The Hall–Kier alpha value is -2.88. The largest absolute Gasteiger partial charge is 0.344 e. The van der Waals surface area contributed by atoms with E-state index in [4.69, 9.17) is 0 Å². The maximum absolute atomic E-state index is 12.9. The number of nitrogens with zero attached hydrogens (tertiary/aromatic N) is 1. The van der Waals surface area contributed by atoms with E-state index < -0.39 is 29.1 Å². The highest BCUT2D eigenvalue weighted by molar-refractivity contribution is 8.01. The second-order valence-corrected chi connectivity index (χ2v) is 11.4. The van der Waals surface area contributed by atoms with Crippen molar-refractivity contribution in [1.82, 2.24) is 15.5 Å². The second kappa shape index (κ2) is 13.4. The molecule has 3 atom stereocenters. The van der Waals surface area contributed by atoms with Gasteiger partial charge in [0, 0.05) is 25.1 Å². The predicted molar refractivity (Wildman–Crippen MR) is 141 cm³/mol. The summed E-state index contributed by atoms with van der Waals surface area (Å²) >= 11 is 1.44. The van der Waals surface area contributed by atoms with E-state index in [1.165, 1.54) is 11.8 Å². The van der Waals surface area contributed by atoms with E-state index in [9.17, 15) is 24.0 Å². The molecule has 0 radical (unpaired) electrons. The number of aryl methyl sites for hydroxylation is 1. The van der Waals surface area contributed by atoms with Crippen LogP contribution in [0.3, 0.4) is 0 Å². The van der Waals surface area contributed by atoms with Crippen LogP contribution in [-0.2, 0) is 30.4 Å². The summed E-state index contributed by atoms with van der Waals surface area (Å²) in [5, 5.41) is 7.91. The molecule has 2 unspecified atom stereocenters. The van der Waals surface area contributed by atoms with Crippen molar-refractivity contribution >= 4 is 47.0 Å². The van der Waals surface area contributed by atoms with Crippen LogP contribution in [0.5, 0.6) is 0 Å². The molecule has 1 aliphatic rings. The molecule has 9 nitrogen and oxygen atoms in total. The molecule has 1 aliphatic heterocycles. The molecule has 0 spiro atoms. The third-order valence-corrected chi connectivity index (χ3v) is 7.09. The van der Waals surface area contributed by atoms with Crippen LogP contribution in [0, 0.1) is 5.92 Å². The summed E-state index contributed by atoms with van der Waals surface area (Å²) in [6.45, 7) is 11.1. The van der Waals surface area contributed by atoms with E-state index in [2.05, 4.69) is 16.0 Å². The Kier molecular flexibility index (Phi) is 11.0. The van der Waals surface area contributed by atoms with Gasteiger partial charge in [-0.05, 0) is 42.2 Å². The highest BCUT2D eigenvalue weighted by Gasteiger charge is 2.39. The average Bonchev–Trinajstić information content (AvgIpc) is 3.07. The van der Waals surface area contributed by atoms with Gasteiger partial charge in [0.05, 0.1) is 5.25 Å². The van der Waals surface area contributed by atoms with Crippen molar-refractivity contribution < 1.29 is 24.0 Å². The van der Waals surface area contributed by atoms with Crippen molar-refractivity contribution in [3.63, 3.8) is 0 Å². The number of rotatable bonds is 12. The molecule has 0 bridgehead atoms. The number of hydrogen-bond acceptors (Lipinski definition) is 6. The molecular weight excluding hydrogens is 480 g/mol. The fourth-order valence-corrected chi connectivity index (χ4v) is 4.90. The predicted octanol–water partition coefficient (Wildman–Crippen LogP) is 2.49. The van der Waals surface area contributed by atoms with Crippen LogP contribution >= 0.6 is 11.8 Å². The molecule has 1 aromatic carbocycles. The minimum atomic E-state index is -0.870. The molecule has 3 N–H and O–H groups in total. The average molecular weight is 519 g/mol. The number of imide groups is 1. The van der Waals surface area contributed by atoms with Crippen LogP contribution in [0.4, 0.5) is 5.69 Å². The molecule has 1 fully saturated rings. The lowest BCUT2D eigenvalue weighted by molar-refractivity contribution is -0.139. The van der Waals surface area contributed by atoms with Gasteiger partial charge in [0.2, 0.25) is 29.5 Å². The van der Waals surface area contributed by atoms with Crippen LogP contribution in [-0.4, -0.2) is 63.6 Å². The number of thioether (sulfide) groups is 1.